The molecule has 0 bridgehead atoms. The molecule has 0 spiro atoms. The van der Waals surface area contributed by atoms with Gasteiger partial charge in [-0.2, -0.15) is 5.10 Å². The maximum Gasteiger partial charge on any atom is 0.258 e. The van der Waals surface area contributed by atoms with Crippen molar-refractivity contribution >= 4 is 5.91 Å². The maximum absolute atomic E-state index is 12.8. The molecule has 7 heteroatoms. The van der Waals surface area contributed by atoms with E-state index in [4.69, 9.17) is 4.74 Å². The monoisotopic (exact) mass is 306 g/mol. The van der Waals surface area contributed by atoms with Gasteiger partial charge in [-0.1, -0.05) is 6.92 Å². The number of halogens is 1. The molecule has 1 N–H and O–H groups in total. The molecule has 1 aromatic carbocycles. The number of rotatable bonds is 7. The van der Waals surface area contributed by atoms with Crippen molar-refractivity contribution in [2.75, 3.05) is 6.61 Å². The highest BCUT2D eigenvalue weighted by Gasteiger charge is 2.18. The molecule has 0 radical (unpaired) electrons. The number of nitrogens with zero attached hydrogens (tertiary/aromatic N) is 3. The number of amides is 1. The molecule has 1 aromatic heterocycles. The topological polar surface area (TPSA) is 69.0 Å². The van der Waals surface area contributed by atoms with E-state index in [0.29, 0.717) is 18.7 Å². The lowest BCUT2D eigenvalue weighted by molar-refractivity contribution is -0.124. The summed E-state index contributed by atoms with van der Waals surface area (Å²) in [4.78, 5) is 16.2. The first kappa shape index (κ1) is 15.9. The first-order chi connectivity index (χ1) is 10.6. The average Bonchev–Trinajstić information content (AvgIpc) is 3.00. The molecule has 0 fully saturated rings. The van der Waals surface area contributed by atoms with E-state index in [1.54, 1.807) is 4.68 Å². The molecule has 1 heterocycles. The summed E-state index contributed by atoms with van der Waals surface area (Å²) in [5.74, 6) is 0.560. The lowest BCUT2D eigenvalue weighted by Gasteiger charge is -2.17. The van der Waals surface area contributed by atoms with Crippen molar-refractivity contribution in [3.63, 3.8) is 0 Å². The quantitative estimate of drug-likeness (QED) is 0.850. The van der Waals surface area contributed by atoms with Crippen LogP contribution in [0, 0.1) is 5.82 Å². The molecule has 0 saturated carbocycles. The van der Waals surface area contributed by atoms with Gasteiger partial charge in [0, 0.05) is 6.54 Å². The van der Waals surface area contributed by atoms with Gasteiger partial charge >= 0.3 is 0 Å². The van der Waals surface area contributed by atoms with Crippen LogP contribution >= 0.6 is 0 Å². The van der Waals surface area contributed by atoms with Gasteiger partial charge in [0.1, 0.15) is 23.7 Å². The number of aromatic nitrogens is 3. The van der Waals surface area contributed by atoms with Crippen molar-refractivity contribution < 1.29 is 13.9 Å². The Balaban J connectivity index is 1.91. The standard InChI is InChI=1S/C15H19FN4O2/c1-3-13(15-17-10-18-20(15)4-2)19-14(21)9-22-12-7-5-11(16)6-8-12/h5-8,10,13H,3-4,9H2,1-2H3,(H,19,21)/t13-/m0/s1. The molecule has 2 rings (SSSR count). The van der Waals surface area contributed by atoms with Crippen LogP contribution < -0.4 is 10.1 Å². The van der Waals surface area contributed by atoms with E-state index in [1.165, 1.54) is 30.6 Å². The van der Waals surface area contributed by atoms with Gasteiger partial charge in [-0.25, -0.2) is 14.1 Å². The number of nitrogens with one attached hydrogen (secondary N) is 1. The number of hydrogen-bond donors (Lipinski definition) is 1. The van der Waals surface area contributed by atoms with E-state index in [2.05, 4.69) is 15.4 Å². The molecular formula is C15H19FN4O2. The lowest BCUT2D eigenvalue weighted by Crippen LogP contribution is -2.34. The third-order valence-corrected chi connectivity index (χ3v) is 3.18. The summed E-state index contributed by atoms with van der Waals surface area (Å²) in [5.41, 5.74) is 0. The number of carbonyl (C=O) groups excluding carboxylic acids is 1. The van der Waals surface area contributed by atoms with E-state index >= 15 is 0 Å². The zero-order valence-electron chi connectivity index (χ0n) is 12.6. The van der Waals surface area contributed by atoms with Crippen molar-refractivity contribution in [1.82, 2.24) is 20.1 Å². The predicted octanol–water partition coefficient (Wildman–Crippen LogP) is 2.08. The molecule has 2 aromatic rings. The Labute approximate surface area is 128 Å². The summed E-state index contributed by atoms with van der Waals surface area (Å²) in [6.45, 7) is 4.47. The van der Waals surface area contributed by atoms with Crippen molar-refractivity contribution in [2.45, 2.75) is 32.9 Å². The second-order valence-electron chi connectivity index (χ2n) is 4.70. The van der Waals surface area contributed by atoms with E-state index in [0.717, 1.165) is 5.82 Å². The second-order valence-corrected chi connectivity index (χ2v) is 4.70. The van der Waals surface area contributed by atoms with Crippen LogP contribution in [0.1, 0.15) is 32.1 Å². The largest absolute Gasteiger partial charge is 0.484 e. The molecule has 0 aliphatic rings. The van der Waals surface area contributed by atoms with E-state index < -0.39 is 0 Å². The second kappa shape index (κ2) is 7.53. The van der Waals surface area contributed by atoms with Crippen molar-refractivity contribution in [3.8, 4) is 5.75 Å². The SMILES string of the molecule is CC[C@H](NC(=O)COc1ccc(F)cc1)c1ncnn1CC. The molecular weight excluding hydrogens is 287 g/mol. The maximum atomic E-state index is 12.8. The minimum absolute atomic E-state index is 0.137. The summed E-state index contributed by atoms with van der Waals surface area (Å²) in [7, 11) is 0. The molecule has 1 atom stereocenters. The summed E-state index contributed by atoms with van der Waals surface area (Å²) in [5, 5.41) is 6.96. The molecule has 0 saturated heterocycles. The number of aryl methyl sites for hydroxylation is 1. The zero-order chi connectivity index (χ0) is 15.9. The lowest BCUT2D eigenvalue weighted by atomic mass is 10.2. The number of benzene rings is 1. The van der Waals surface area contributed by atoms with E-state index in [9.17, 15) is 9.18 Å². The zero-order valence-corrected chi connectivity index (χ0v) is 12.6. The van der Waals surface area contributed by atoms with Crippen LogP contribution in [-0.2, 0) is 11.3 Å². The van der Waals surface area contributed by atoms with Crippen LogP contribution in [0.3, 0.4) is 0 Å². The fourth-order valence-corrected chi connectivity index (χ4v) is 2.05. The summed E-state index contributed by atoms with van der Waals surface area (Å²) < 4.78 is 19.8. The van der Waals surface area contributed by atoms with Crippen LogP contribution in [0.4, 0.5) is 4.39 Å². The van der Waals surface area contributed by atoms with Crippen LogP contribution in [0.25, 0.3) is 0 Å². The highest BCUT2D eigenvalue weighted by atomic mass is 19.1. The van der Waals surface area contributed by atoms with Gasteiger partial charge in [0.25, 0.3) is 5.91 Å². The van der Waals surface area contributed by atoms with Crippen LogP contribution in [-0.4, -0.2) is 27.3 Å². The molecule has 0 aliphatic heterocycles. The Hall–Kier alpha value is -2.44. The van der Waals surface area contributed by atoms with Gasteiger partial charge in [0.2, 0.25) is 0 Å². The first-order valence-electron chi connectivity index (χ1n) is 7.19. The van der Waals surface area contributed by atoms with E-state index in [1.807, 2.05) is 13.8 Å². The van der Waals surface area contributed by atoms with Gasteiger partial charge in [0.05, 0.1) is 6.04 Å². The van der Waals surface area contributed by atoms with E-state index in [-0.39, 0.29) is 24.4 Å². The minimum Gasteiger partial charge on any atom is -0.484 e. The smallest absolute Gasteiger partial charge is 0.258 e. The number of carbonyl (C=O) groups is 1. The van der Waals surface area contributed by atoms with Crippen LogP contribution in [0.5, 0.6) is 5.75 Å². The third-order valence-electron chi connectivity index (χ3n) is 3.18. The highest BCUT2D eigenvalue weighted by molar-refractivity contribution is 5.77. The number of hydrogen-bond acceptors (Lipinski definition) is 4. The normalized spacial score (nSPS) is 12.0. The minimum atomic E-state index is -0.346. The fraction of sp³-hybridized carbons (Fsp3) is 0.400. The highest BCUT2D eigenvalue weighted by Crippen LogP contribution is 2.14. The van der Waals surface area contributed by atoms with Crippen LogP contribution in [0.15, 0.2) is 30.6 Å². The Kier molecular flexibility index (Phi) is 5.46. The molecule has 1 amide bonds. The number of ether oxygens (including phenoxy) is 1. The fourth-order valence-electron chi connectivity index (χ4n) is 2.05. The third kappa shape index (κ3) is 4.03. The predicted molar refractivity (Wildman–Crippen MR) is 78.8 cm³/mol. The Bertz CT molecular complexity index is 612. The summed E-state index contributed by atoms with van der Waals surface area (Å²) in [6, 6.07) is 5.31. The summed E-state index contributed by atoms with van der Waals surface area (Å²) in [6.07, 6.45) is 2.17. The average molecular weight is 306 g/mol. The molecule has 0 aliphatic carbocycles. The van der Waals surface area contributed by atoms with Gasteiger partial charge in [-0.3, -0.25) is 4.79 Å². The Morgan fingerprint density at radius 1 is 1.36 bits per heavy atom. The molecule has 22 heavy (non-hydrogen) atoms. The van der Waals surface area contributed by atoms with Gasteiger partial charge in [-0.05, 0) is 37.6 Å². The van der Waals surface area contributed by atoms with Crippen LogP contribution in [0.2, 0.25) is 0 Å². The summed E-state index contributed by atoms with van der Waals surface area (Å²) >= 11 is 0. The van der Waals surface area contributed by atoms with Crippen molar-refractivity contribution in [2.24, 2.45) is 0 Å². The van der Waals surface area contributed by atoms with Crippen molar-refractivity contribution in [1.29, 1.82) is 0 Å². The van der Waals surface area contributed by atoms with Gasteiger partial charge in [-0.15, -0.1) is 0 Å². The first-order valence-corrected chi connectivity index (χ1v) is 7.19. The molecule has 6 nitrogen and oxygen atoms in total. The van der Waals surface area contributed by atoms with Crippen molar-refractivity contribution in [3.05, 3.63) is 42.2 Å². The molecule has 0 unspecified atom stereocenters. The van der Waals surface area contributed by atoms with Gasteiger partial charge in [0.15, 0.2) is 6.61 Å². The Morgan fingerprint density at radius 3 is 2.73 bits per heavy atom. The Morgan fingerprint density at radius 2 is 2.09 bits per heavy atom. The van der Waals surface area contributed by atoms with Gasteiger partial charge < -0.3 is 10.1 Å². The molecule has 118 valence electrons.